The van der Waals surface area contributed by atoms with Gasteiger partial charge in [-0.3, -0.25) is 10.5 Å². The predicted molar refractivity (Wildman–Crippen MR) is 47.2 cm³/mol. The highest BCUT2D eigenvalue weighted by Crippen LogP contribution is 2.25. The van der Waals surface area contributed by atoms with Gasteiger partial charge < -0.3 is 4.74 Å². The summed E-state index contributed by atoms with van der Waals surface area (Å²) in [5.74, 6) is 0. The highest BCUT2D eigenvalue weighted by Gasteiger charge is 2.25. The fourth-order valence-corrected chi connectivity index (χ4v) is 1.95. The fourth-order valence-electron chi connectivity index (χ4n) is 1.12. The van der Waals surface area contributed by atoms with Crippen LogP contribution in [0.15, 0.2) is 0 Å². The molecular formula is C7H16O3S. The molecule has 1 unspecified atom stereocenters. The largest absolute Gasteiger partial charge is 0.377 e. The van der Waals surface area contributed by atoms with E-state index in [1.807, 2.05) is 11.8 Å². The van der Waals surface area contributed by atoms with Gasteiger partial charge in [0.25, 0.3) is 0 Å². The molecule has 1 aliphatic rings. The molecule has 3 atom stereocenters. The molecule has 4 heteroatoms. The molecule has 0 aromatic heterocycles. The van der Waals surface area contributed by atoms with Gasteiger partial charge in [0, 0.05) is 11.8 Å². The van der Waals surface area contributed by atoms with Crippen molar-refractivity contribution in [1.82, 2.24) is 0 Å². The third-order valence-corrected chi connectivity index (χ3v) is 2.82. The summed E-state index contributed by atoms with van der Waals surface area (Å²) in [6.45, 7) is 1.86. The first kappa shape index (κ1) is 9.32. The Morgan fingerprint density at radius 2 is 2.36 bits per heavy atom. The molecule has 11 heavy (non-hydrogen) atoms. The van der Waals surface area contributed by atoms with Crippen LogP contribution in [0, 0.1) is 0 Å². The Bertz CT molecular complexity index is 103. The molecule has 1 rings (SSSR count). The van der Waals surface area contributed by atoms with Gasteiger partial charge in [-0.25, -0.2) is 0 Å². The van der Waals surface area contributed by atoms with E-state index >= 15 is 0 Å². The smallest absolute Gasteiger partial charge is 0.0691 e. The van der Waals surface area contributed by atoms with Crippen LogP contribution in [0.4, 0.5) is 0 Å². The highest BCUT2D eigenvalue weighted by atomic mass is 32.2. The normalized spacial score (nSPS) is 37.5. The van der Waals surface area contributed by atoms with Crippen LogP contribution < -0.4 is 0 Å². The molecule has 2 N–H and O–H groups in total. The van der Waals surface area contributed by atoms with Crippen molar-refractivity contribution in [2.24, 2.45) is 0 Å². The van der Waals surface area contributed by atoms with Crippen molar-refractivity contribution < 1.29 is 16.6 Å². The van der Waals surface area contributed by atoms with Crippen molar-refractivity contribution >= 4 is 11.8 Å². The van der Waals surface area contributed by atoms with E-state index in [2.05, 4.69) is 13.2 Å². The van der Waals surface area contributed by atoms with Crippen molar-refractivity contribution in [3.8, 4) is 0 Å². The maximum absolute atomic E-state index is 7.36. The van der Waals surface area contributed by atoms with Crippen LogP contribution in [-0.4, -0.2) is 34.7 Å². The Labute approximate surface area is 73.1 Å². The van der Waals surface area contributed by atoms with Gasteiger partial charge in [-0.15, -0.1) is 0 Å². The molecule has 1 heterocycles. The average Bonchev–Trinajstić information content (AvgIpc) is 2.49. The zero-order valence-corrected chi connectivity index (χ0v) is 7.67. The minimum atomic E-state index is -0.262. The molecule has 0 radical (unpaired) electrons. The fraction of sp³-hybridized carbons (Fsp3) is 1.00. The zero-order chi connectivity index (χ0) is 9.56. The van der Waals surface area contributed by atoms with Crippen LogP contribution >= 0.6 is 11.8 Å². The van der Waals surface area contributed by atoms with Crippen molar-refractivity contribution in [3.63, 3.8) is 0 Å². The van der Waals surface area contributed by atoms with Gasteiger partial charge >= 0.3 is 0 Å². The van der Waals surface area contributed by atoms with E-state index < -0.39 is 0 Å². The van der Waals surface area contributed by atoms with Crippen LogP contribution in [0.25, 0.3) is 0 Å². The number of hydrogen-bond acceptors (Lipinski definition) is 4. The van der Waals surface area contributed by atoms with Crippen LogP contribution in [0.5, 0.6) is 0 Å². The Kier molecular flexibility index (Phi) is 5.85. The molecule has 0 aromatic carbocycles. The molecule has 1 saturated heterocycles. The second-order valence-electron chi connectivity index (χ2n) is 2.26. The summed E-state index contributed by atoms with van der Waals surface area (Å²) in [6, 6.07) is 0. The van der Waals surface area contributed by atoms with Crippen LogP contribution in [0.2, 0.25) is 0 Å². The first-order chi connectivity index (χ1) is 5.77. The molecule has 0 amide bonds. The average molecular weight is 182 g/mol. The maximum atomic E-state index is 7.36. The van der Waals surface area contributed by atoms with Crippen molar-refractivity contribution in [2.45, 2.75) is 31.1 Å². The Morgan fingerprint density at radius 1 is 1.73 bits per heavy atom. The lowest BCUT2D eigenvalue weighted by atomic mass is 10.2. The summed E-state index contributed by atoms with van der Waals surface area (Å²) in [5, 5.41) is 12.6. The van der Waals surface area contributed by atoms with E-state index in [1.165, 1.54) is 0 Å². The molecule has 0 bridgehead atoms. The number of hydrogen-bond donors (Lipinski definition) is 2. The minimum absolute atomic E-state index is 0.262. The number of thioether (sulfide) groups is 1. The van der Waals surface area contributed by atoms with Gasteiger partial charge in [0.05, 0.1) is 7.47 Å². The van der Waals surface area contributed by atoms with Gasteiger partial charge in [-0.1, -0.05) is 6.92 Å². The first-order valence-corrected chi connectivity index (χ1v) is 4.87. The van der Waals surface area contributed by atoms with Crippen LogP contribution in [-0.2, 0) is 4.74 Å². The molecule has 68 valence electrons. The highest BCUT2D eigenvalue weighted by molar-refractivity contribution is 7.99. The summed E-state index contributed by atoms with van der Waals surface area (Å²) in [6.07, 6.45) is 4.37. The Morgan fingerprint density at radius 3 is 2.73 bits per heavy atom. The minimum Gasteiger partial charge on any atom is -0.377 e. The Hall–Kier alpha value is 0.230. The molecule has 0 aliphatic carbocycles. The lowest BCUT2D eigenvalue weighted by Crippen LogP contribution is -2.15. The first-order valence-electron chi connectivity index (χ1n) is 4.16. The van der Waals surface area contributed by atoms with Crippen molar-refractivity contribution in [1.29, 1.82) is 0 Å². The van der Waals surface area contributed by atoms with Crippen LogP contribution in [0.3, 0.4) is 0 Å². The third-order valence-electron chi connectivity index (χ3n) is 1.72. The standard InChI is InChI=1S/C7H14OS.H2O2/c1-3-6-7(9-2)4-5-8-6;1-2/h6-7H,3-5H2,1-2H3;1-2H/t6-,7?;/m1./s1/i5T;/t5-,6+,7?;/m0.. The van der Waals surface area contributed by atoms with Gasteiger partial charge in [0.1, 0.15) is 0 Å². The van der Waals surface area contributed by atoms with Crippen molar-refractivity contribution in [3.05, 3.63) is 0 Å². The molecule has 0 saturated carbocycles. The van der Waals surface area contributed by atoms with E-state index in [1.54, 1.807) is 0 Å². The summed E-state index contributed by atoms with van der Waals surface area (Å²) in [7, 11) is 0. The molecule has 0 spiro atoms. The SMILES string of the molecule is OO.[3H][C@H]1CC(SC)[C@@H](CC)O1. The van der Waals surface area contributed by atoms with Crippen molar-refractivity contribution in [2.75, 3.05) is 12.8 Å². The van der Waals surface area contributed by atoms with E-state index in [4.69, 9.17) is 16.6 Å². The van der Waals surface area contributed by atoms with Gasteiger partial charge in [-0.2, -0.15) is 11.8 Å². The van der Waals surface area contributed by atoms with E-state index in [0.29, 0.717) is 11.4 Å². The zero-order valence-electron chi connectivity index (χ0n) is 7.86. The summed E-state index contributed by atoms with van der Waals surface area (Å²) >= 11 is 1.82. The lowest BCUT2D eigenvalue weighted by molar-refractivity contribution is -0.176. The molecule has 1 aliphatic heterocycles. The lowest BCUT2D eigenvalue weighted by Gasteiger charge is -2.12. The Balaban J connectivity index is 0.000000561. The second kappa shape index (κ2) is 6.91. The monoisotopic (exact) mass is 182 g/mol. The molecule has 3 nitrogen and oxygen atoms in total. The summed E-state index contributed by atoms with van der Waals surface area (Å²) in [4.78, 5) is 0. The number of rotatable bonds is 2. The van der Waals surface area contributed by atoms with Crippen LogP contribution in [0.1, 0.15) is 21.1 Å². The molecule has 1 fully saturated rings. The van der Waals surface area contributed by atoms with Gasteiger partial charge in [0.15, 0.2) is 0 Å². The number of ether oxygens (including phenoxy) is 1. The van der Waals surface area contributed by atoms with Gasteiger partial charge in [-0.05, 0) is 19.1 Å². The third kappa shape index (κ3) is 3.42. The van der Waals surface area contributed by atoms with E-state index in [0.717, 1.165) is 12.8 Å². The molecule has 0 aromatic rings. The van der Waals surface area contributed by atoms with E-state index in [9.17, 15) is 0 Å². The summed E-state index contributed by atoms with van der Waals surface area (Å²) in [5.41, 5.74) is 0. The quantitative estimate of drug-likeness (QED) is 0.506. The second-order valence-corrected chi connectivity index (χ2v) is 3.34. The summed E-state index contributed by atoms with van der Waals surface area (Å²) < 4.78 is 12.7. The van der Waals surface area contributed by atoms with Gasteiger partial charge in [0.2, 0.25) is 0 Å². The topological polar surface area (TPSA) is 49.7 Å². The maximum Gasteiger partial charge on any atom is 0.0691 e. The predicted octanol–water partition coefficient (Wildman–Crippen LogP) is 1.93. The molecular weight excluding hydrogens is 164 g/mol. The van der Waals surface area contributed by atoms with E-state index in [-0.39, 0.29) is 6.58 Å².